The number of carbonyl (C=O) groups is 4. The van der Waals surface area contributed by atoms with Gasteiger partial charge in [-0.3, -0.25) is 19.2 Å². The van der Waals surface area contributed by atoms with E-state index in [0.717, 1.165) is 0 Å². The predicted molar refractivity (Wildman–Crippen MR) is 105 cm³/mol. The van der Waals surface area contributed by atoms with Gasteiger partial charge >= 0.3 is 0 Å². The van der Waals surface area contributed by atoms with E-state index in [2.05, 4.69) is 5.32 Å². The fraction of sp³-hybridized carbons (Fsp3) is 0.500. The second-order valence-corrected chi connectivity index (χ2v) is 7.38. The van der Waals surface area contributed by atoms with Crippen LogP contribution in [0, 0.1) is 11.8 Å². The zero-order valence-electron chi connectivity index (χ0n) is 16.4. The Labute approximate surface area is 169 Å². The second kappa shape index (κ2) is 8.93. The number of ether oxygens (including phenoxy) is 1. The molecule has 0 unspecified atom stereocenters. The molecule has 3 rings (SSSR count). The number of anilines is 1. The molecule has 0 bridgehead atoms. The highest BCUT2D eigenvalue weighted by atomic mass is 16.5. The second-order valence-electron chi connectivity index (χ2n) is 7.38. The van der Waals surface area contributed by atoms with Crippen molar-refractivity contribution in [3.8, 4) is 5.75 Å². The van der Waals surface area contributed by atoms with Crippen LogP contribution in [0.15, 0.2) is 24.3 Å². The van der Waals surface area contributed by atoms with Crippen LogP contribution in [0.25, 0.3) is 0 Å². The van der Waals surface area contributed by atoms with Crippen LogP contribution in [0.2, 0.25) is 0 Å². The number of nitrogens with two attached hydrogens (primary N) is 1. The summed E-state index contributed by atoms with van der Waals surface area (Å²) in [7, 11) is 1.57. The molecule has 1 atom stereocenters. The van der Waals surface area contributed by atoms with Crippen LogP contribution in [0.1, 0.15) is 19.3 Å². The summed E-state index contributed by atoms with van der Waals surface area (Å²) < 4.78 is 5.11. The molecule has 2 fully saturated rings. The first-order valence-corrected chi connectivity index (χ1v) is 9.68. The van der Waals surface area contributed by atoms with Crippen molar-refractivity contribution in [1.29, 1.82) is 0 Å². The summed E-state index contributed by atoms with van der Waals surface area (Å²) in [6.45, 7) is 1.06. The molecule has 156 valence electrons. The molecule has 2 aliphatic heterocycles. The molecule has 0 spiro atoms. The molecule has 1 aromatic rings. The topological polar surface area (TPSA) is 122 Å². The molecule has 0 aromatic heterocycles. The highest BCUT2D eigenvalue weighted by molar-refractivity contribution is 6.00. The number of benzene rings is 1. The molecule has 4 amide bonds. The Hall–Kier alpha value is -3.10. The normalized spacial score (nSPS) is 19.9. The van der Waals surface area contributed by atoms with Gasteiger partial charge in [0.05, 0.1) is 19.6 Å². The van der Waals surface area contributed by atoms with Crippen molar-refractivity contribution in [2.75, 3.05) is 38.2 Å². The molecule has 29 heavy (non-hydrogen) atoms. The van der Waals surface area contributed by atoms with E-state index in [1.165, 1.54) is 0 Å². The van der Waals surface area contributed by atoms with E-state index >= 15 is 0 Å². The molecule has 2 heterocycles. The Morgan fingerprint density at radius 2 is 1.79 bits per heavy atom. The SMILES string of the molecule is COc1ccc(N2C[C@H](C(=O)NCC(=O)N3CCC(C(N)=O)CC3)CC2=O)cc1. The zero-order valence-corrected chi connectivity index (χ0v) is 16.4. The Morgan fingerprint density at radius 1 is 1.14 bits per heavy atom. The van der Waals surface area contributed by atoms with Gasteiger partial charge in [0.2, 0.25) is 23.6 Å². The van der Waals surface area contributed by atoms with Gasteiger partial charge in [-0.25, -0.2) is 0 Å². The van der Waals surface area contributed by atoms with Crippen LogP contribution < -0.4 is 20.7 Å². The van der Waals surface area contributed by atoms with Gasteiger partial charge in [0, 0.05) is 37.7 Å². The number of carbonyl (C=O) groups excluding carboxylic acids is 4. The van der Waals surface area contributed by atoms with E-state index in [1.807, 2.05) is 0 Å². The first-order valence-electron chi connectivity index (χ1n) is 9.68. The fourth-order valence-corrected chi connectivity index (χ4v) is 3.73. The zero-order chi connectivity index (χ0) is 21.0. The van der Waals surface area contributed by atoms with Crippen molar-refractivity contribution in [3.05, 3.63) is 24.3 Å². The first kappa shape index (κ1) is 20.6. The third-order valence-corrected chi connectivity index (χ3v) is 5.54. The van der Waals surface area contributed by atoms with Crippen molar-refractivity contribution in [2.45, 2.75) is 19.3 Å². The lowest BCUT2D eigenvalue weighted by molar-refractivity contribution is -0.136. The molecule has 0 aliphatic carbocycles. The minimum atomic E-state index is -0.502. The molecule has 1 aromatic carbocycles. The van der Waals surface area contributed by atoms with Gasteiger partial charge in [-0.05, 0) is 37.1 Å². The Balaban J connectivity index is 1.48. The molecular weight excluding hydrogens is 376 g/mol. The van der Waals surface area contributed by atoms with Crippen LogP contribution in [0.4, 0.5) is 5.69 Å². The number of nitrogens with zero attached hydrogens (tertiary/aromatic N) is 2. The van der Waals surface area contributed by atoms with Crippen LogP contribution >= 0.6 is 0 Å². The summed E-state index contributed by atoms with van der Waals surface area (Å²) in [6.07, 6.45) is 1.20. The molecular formula is C20H26N4O5. The molecule has 2 saturated heterocycles. The summed E-state index contributed by atoms with van der Waals surface area (Å²) in [5.41, 5.74) is 6.01. The highest BCUT2D eigenvalue weighted by Gasteiger charge is 2.35. The average molecular weight is 402 g/mol. The van der Waals surface area contributed by atoms with Crippen LogP contribution in [-0.2, 0) is 19.2 Å². The van der Waals surface area contributed by atoms with Crippen molar-refractivity contribution < 1.29 is 23.9 Å². The lowest BCUT2D eigenvalue weighted by Crippen LogP contribution is -2.46. The number of rotatable bonds is 6. The van der Waals surface area contributed by atoms with Gasteiger partial charge in [-0.15, -0.1) is 0 Å². The van der Waals surface area contributed by atoms with Crippen molar-refractivity contribution >= 4 is 29.3 Å². The number of piperidine rings is 1. The lowest BCUT2D eigenvalue weighted by atomic mass is 9.96. The first-order chi connectivity index (χ1) is 13.9. The summed E-state index contributed by atoms with van der Waals surface area (Å²) in [6, 6.07) is 7.07. The fourth-order valence-electron chi connectivity index (χ4n) is 3.73. The number of primary amides is 1. The van der Waals surface area contributed by atoms with Gasteiger partial charge in [0.25, 0.3) is 0 Å². The summed E-state index contributed by atoms with van der Waals surface area (Å²) in [5.74, 6) is -0.978. The van der Waals surface area contributed by atoms with E-state index in [-0.39, 0.29) is 49.1 Å². The standard InChI is InChI=1S/C20H26N4O5/c1-29-16-4-2-15(3-5-16)24-12-14(10-17(24)25)20(28)22-11-18(26)23-8-6-13(7-9-23)19(21)27/h2-5,13-14H,6-12H2,1H3,(H2,21,27)(H,22,28)/t14-/m1/s1. The monoisotopic (exact) mass is 402 g/mol. The highest BCUT2D eigenvalue weighted by Crippen LogP contribution is 2.27. The molecule has 9 heteroatoms. The third kappa shape index (κ3) is 4.85. The number of hydrogen-bond acceptors (Lipinski definition) is 5. The van der Waals surface area contributed by atoms with E-state index in [4.69, 9.17) is 10.5 Å². The van der Waals surface area contributed by atoms with E-state index in [9.17, 15) is 19.2 Å². The van der Waals surface area contributed by atoms with Crippen LogP contribution in [0.3, 0.4) is 0 Å². The molecule has 9 nitrogen and oxygen atoms in total. The minimum absolute atomic E-state index is 0.107. The van der Waals surface area contributed by atoms with Crippen molar-refractivity contribution in [1.82, 2.24) is 10.2 Å². The molecule has 0 radical (unpaired) electrons. The number of amides is 4. The Kier molecular flexibility index (Phi) is 6.36. The summed E-state index contributed by atoms with van der Waals surface area (Å²) in [4.78, 5) is 51.5. The third-order valence-electron chi connectivity index (χ3n) is 5.54. The minimum Gasteiger partial charge on any atom is -0.497 e. The quantitative estimate of drug-likeness (QED) is 0.687. The van der Waals surface area contributed by atoms with Crippen LogP contribution in [0.5, 0.6) is 5.75 Å². The number of methoxy groups -OCH3 is 1. The van der Waals surface area contributed by atoms with Gasteiger partial charge in [0.15, 0.2) is 0 Å². The largest absolute Gasteiger partial charge is 0.497 e. The van der Waals surface area contributed by atoms with Crippen molar-refractivity contribution in [3.63, 3.8) is 0 Å². The maximum atomic E-state index is 12.5. The summed E-state index contributed by atoms with van der Waals surface area (Å²) in [5, 5.41) is 2.65. The van der Waals surface area contributed by atoms with E-state index in [0.29, 0.717) is 37.4 Å². The summed E-state index contributed by atoms with van der Waals surface area (Å²) >= 11 is 0. The van der Waals surface area contributed by atoms with E-state index in [1.54, 1.807) is 41.2 Å². The maximum absolute atomic E-state index is 12.5. The van der Waals surface area contributed by atoms with Gasteiger partial charge < -0.3 is 25.6 Å². The smallest absolute Gasteiger partial charge is 0.241 e. The average Bonchev–Trinajstić information content (AvgIpc) is 3.13. The lowest BCUT2D eigenvalue weighted by Gasteiger charge is -2.30. The van der Waals surface area contributed by atoms with E-state index < -0.39 is 5.92 Å². The van der Waals surface area contributed by atoms with Gasteiger partial charge in [-0.2, -0.15) is 0 Å². The molecule has 2 aliphatic rings. The number of nitrogens with one attached hydrogen (secondary N) is 1. The van der Waals surface area contributed by atoms with Crippen molar-refractivity contribution in [2.24, 2.45) is 17.6 Å². The van der Waals surface area contributed by atoms with Gasteiger partial charge in [-0.1, -0.05) is 0 Å². The Morgan fingerprint density at radius 3 is 2.38 bits per heavy atom. The number of likely N-dealkylation sites (tertiary alicyclic amines) is 1. The Bertz CT molecular complexity index is 787. The van der Waals surface area contributed by atoms with Gasteiger partial charge in [0.1, 0.15) is 5.75 Å². The predicted octanol–water partition coefficient (Wildman–Crippen LogP) is -0.112. The molecule has 3 N–H and O–H groups in total. The molecule has 0 saturated carbocycles. The maximum Gasteiger partial charge on any atom is 0.241 e. The number of hydrogen-bond donors (Lipinski definition) is 2. The van der Waals surface area contributed by atoms with Crippen LogP contribution in [-0.4, -0.2) is 61.8 Å².